The molecule has 3 aromatic rings. The lowest BCUT2D eigenvalue weighted by Crippen LogP contribution is -2.35. The van der Waals surface area contributed by atoms with Crippen LogP contribution in [0, 0.1) is 0 Å². The highest BCUT2D eigenvalue weighted by molar-refractivity contribution is 6.07. The van der Waals surface area contributed by atoms with Crippen molar-refractivity contribution >= 4 is 17.5 Å². The van der Waals surface area contributed by atoms with Gasteiger partial charge in [-0.3, -0.25) is 9.59 Å². The lowest BCUT2D eigenvalue weighted by atomic mass is 10.1. The Labute approximate surface area is 187 Å². The number of rotatable bonds is 7. The molecule has 1 heterocycles. The molecule has 0 spiro atoms. The van der Waals surface area contributed by atoms with Crippen molar-refractivity contribution in [3.8, 4) is 11.5 Å². The number of para-hydroxylation sites is 1. The largest absolute Gasteiger partial charge is 0.497 e. The molecule has 0 aliphatic carbocycles. The first-order valence-electron chi connectivity index (χ1n) is 10.6. The standard InChI is InChI=1S/C26H26N2O4/c1-18-14-21-9-8-19(16-27-25(29)17-32-23-6-4-3-5-7-23)15-24(21)28(18)26(30)20-10-12-22(31-2)13-11-20/h3-13,15,18H,14,16-17H2,1-2H3,(H,27,29)/t18-/m1/s1. The molecule has 32 heavy (non-hydrogen) atoms. The van der Waals surface area contributed by atoms with E-state index in [9.17, 15) is 9.59 Å². The summed E-state index contributed by atoms with van der Waals surface area (Å²) in [6, 6.07) is 22.4. The highest BCUT2D eigenvalue weighted by atomic mass is 16.5. The molecule has 0 radical (unpaired) electrons. The number of benzene rings is 3. The summed E-state index contributed by atoms with van der Waals surface area (Å²) in [5.74, 6) is 1.12. The van der Waals surface area contributed by atoms with Crippen LogP contribution in [0.2, 0.25) is 0 Å². The van der Waals surface area contributed by atoms with Gasteiger partial charge >= 0.3 is 0 Å². The van der Waals surface area contributed by atoms with Gasteiger partial charge in [0.05, 0.1) is 7.11 Å². The van der Waals surface area contributed by atoms with E-state index in [0.29, 0.717) is 23.6 Å². The summed E-state index contributed by atoms with van der Waals surface area (Å²) in [6.07, 6.45) is 0.800. The molecule has 6 heteroatoms. The molecule has 0 aromatic heterocycles. The van der Waals surface area contributed by atoms with Gasteiger partial charge in [-0.2, -0.15) is 0 Å². The van der Waals surface area contributed by atoms with Crippen molar-refractivity contribution in [2.75, 3.05) is 18.6 Å². The van der Waals surface area contributed by atoms with Crippen molar-refractivity contribution in [1.29, 1.82) is 0 Å². The Bertz CT molecular complexity index is 1100. The molecular formula is C26H26N2O4. The summed E-state index contributed by atoms with van der Waals surface area (Å²) < 4.78 is 10.7. The van der Waals surface area contributed by atoms with E-state index in [0.717, 1.165) is 23.2 Å². The fourth-order valence-electron chi connectivity index (χ4n) is 3.86. The van der Waals surface area contributed by atoms with Crippen LogP contribution in [0.3, 0.4) is 0 Å². The van der Waals surface area contributed by atoms with E-state index >= 15 is 0 Å². The van der Waals surface area contributed by atoms with Crippen LogP contribution in [0.15, 0.2) is 72.8 Å². The molecular weight excluding hydrogens is 404 g/mol. The van der Waals surface area contributed by atoms with Crippen LogP contribution in [0.1, 0.15) is 28.4 Å². The van der Waals surface area contributed by atoms with Crippen molar-refractivity contribution in [3.63, 3.8) is 0 Å². The topological polar surface area (TPSA) is 67.9 Å². The third kappa shape index (κ3) is 4.75. The Morgan fingerprint density at radius 1 is 1.00 bits per heavy atom. The maximum Gasteiger partial charge on any atom is 0.258 e. The number of hydrogen-bond acceptors (Lipinski definition) is 4. The zero-order chi connectivity index (χ0) is 22.5. The first-order valence-corrected chi connectivity index (χ1v) is 10.6. The molecule has 3 aromatic carbocycles. The number of anilines is 1. The van der Waals surface area contributed by atoms with Crippen LogP contribution < -0.4 is 19.7 Å². The van der Waals surface area contributed by atoms with E-state index in [1.54, 1.807) is 31.4 Å². The van der Waals surface area contributed by atoms with Gasteiger partial charge in [-0.1, -0.05) is 30.3 Å². The number of hydrogen-bond donors (Lipinski definition) is 1. The molecule has 1 aliphatic heterocycles. The lowest BCUT2D eigenvalue weighted by molar-refractivity contribution is -0.123. The van der Waals surface area contributed by atoms with E-state index in [-0.39, 0.29) is 24.5 Å². The Morgan fingerprint density at radius 2 is 1.75 bits per heavy atom. The number of methoxy groups -OCH3 is 1. The quantitative estimate of drug-likeness (QED) is 0.616. The van der Waals surface area contributed by atoms with Gasteiger partial charge in [0.25, 0.3) is 11.8 Å². The molecule has 1 aliphatic rings. The van der Waals surface area contributed by atoms with E-state index in [4.69, 9.17) is 9.47 Å². The maximum absolute atomic E-state index is 13.2. The minimum Gasteiger partial charge on any atom is -0.497 e. The number of nitrogens with one attached hydrogen (secondary N) is 1. The second-order valence-corrected chi connectivity index (χ2v) is 7.80. The fraction of sp³-hybridized carbons (Fsp3) is 0.231. The number of ether oxygens (including phenoxy) is 2. The number of fused-ring (bicyclic) bond motifs is 1. The monoisotopic (exact) mass is 430 g/mol. The van der Waals surface area contributed by atoms with Crippen molar-refractivity contribution in [2.45, 2.75) is 25.9 Å². The van der Waals surface area contributed by atoms with E-state index in [1.165, 1.54) is 0 Å². The molecule has 4 rings (SSSR count). The molecule has 1 atom stereocenters. The van der Waals surface area contributed by atoms with Gasteiger partial charge in [0, 0.05) is 23.8 Å². The first-order chi connectivity index (χ1) is 15.5. The van der Waals surface area contributed by atoms with E-state index in [2.05, 4.69) is 5.32 Å². The number of amides is 2. The van der Waals surface area contributed by atoms with Crippen LogP contribution in [-0.2, 0) is 17.8 Å². The Hall–Kier alpha value is -3.80. The number of nitrogens with zero attached hydrogens (tertiary/aromatic N) is 1. The summed E-state index contributed by atoms with van der Waals surface area (Å²) in [7, 11) is 1.60. The highest BCUT2D eigenvalue weighted by Gasteiger charge is 2.31. The van der Waals surface area contributed by atoms with Crippen LogP contribution in [-0.4, -0.2) is 31.6 Å². The number of carbonyl (C=O) groups is 2. The molecule has 0 bridgehead atoms. The van der Waals surface area contributed by atoms with Crippen LogP contribution in [0.25, 0.3) is 0 Å². The fourth-order valence-corrected chi connectivity index (χ4v) is 3.86. The Morgan fingerprint density at radius 3 is 2.47 bits per heavy atom. The Balaban J connectivity index is 1.42. The Kier molecular flexibility index (Phi) is 6.40. The predicted octanol–water partition coefficient (Wildman–Crippen LogP) is 3.98. The summed E-state index contributed by atoms with van der Waals surface area (Å²) >= 11 is 0. The molecule has 2 amide bonds. The highest BCUT2D eigenvalue weighted by Crippen LogP contribution is 2.34. The van der Waals surface area contributed by atoms with Crippen molar-refractivity contribution in [1.82, 2.24) is 5.32 Å². The first kappa shape index (κ1) is 21.4. The summed E-state index contributed by atoms with van der Waals surface area (Å²) in [5, 5.41) is 2.88. The molecule has 0 fully saturated rings. The van der Waals surface area contributed by atoms with Crippen LogP contribution >= 0.6 is 0 Å². The molecule has 0 saturated carbocycles. The number of carbonyl (C=O) groups excluding carboxylic acids is 2. The minimum absolute atomic E-state index is 0.0450. The van der Waals surface area contributed by atoms with E-state index in [1.807, 2.05) is 60.4 Å². The van der Waals surface area contributed by atoms with Crippen LogP contribution in [0.5, 0.6) is 11.5 Å². The summed E-state index contributed by atoms with van der Waals surface area (Å²) in [4.78, 5) is 27.2. The zero-order valence-electron chi connectivity index (χ0n) is 18.2. The molecule has 0 saturated heterocycles. The average Bonchev–Trinajstić information content (AvgIpc) is 3.16. The second-order valence-electron chi connectivity index (χ2n) is 7.80. The lowest BCUT2D eigenvalue weighted by Gasteiger charge is -2.23. The van der Waals surface area contributed by atoms with Gasteiger partial charge in [0.1, 0.15) is 11.5 Å². The smallest absolute Gasteiger partial charge is 0.258 e. The molecule has 6 nitrogen and oxygen atoms in total. The third-order valence-corrected chi connectivity index (χ3v) is 5.52. The van der Waals surface area contributed by atoms with Gasteiger partial charge in [0.15, 0.2) is 6.61 Å². The minimum atomic E-state index is -0.200. The van der Waals surface area contributed by atoms with Crippen LogP contribution in [0.4, 0.5) is 5.69 Å². The van der Waals surface area contributed by atoms with Crippen molar-refractivity contribution < 1.29 is 19.1 Å². The predicted molar refractivity (Wildman–Crippen MR) is 123 cm³/mol. The van der Waals surface area contributed by atoms with Crippen molar-refractivity contribution in [3.05, 3.63) is 89.5 Å². The van der Waals surface area contributed by atoms with Gasteiger partial charge in [-0.25, -0.2) is 0 Å². The second kappa shape index (κ2) is 9.56. The summed E-state index contributed by atoms with van der Waals surface area (Å²) in [5.41, 5.74) is 3.56. The van der Waals surface area contributed by atoms with Gasteiger partial charge in [-0.05, 0) is 66.9 Å². The SMILES string of the molecule is COc1ccc(C(=O)N2c3cc(CNC(=O)COc4ccccc4)ccc3C[C@H]2C)cc1. The molecule has 164 valence electrons. The average molecular weight is 431 g/mol. The maximum atomic E-state index is 13.2. The van der Waals surface area contributed by atoms with Gasteiger partial charge in [-0.15, -0.1) is 0 Å². The van der Waals surface area contributed by atoms with Gasteiger partial charge < -0.3 is 19.7 Å². The zero-order valence-corrected chi connectivity index (χ0v) is 18.2. The normalized spacial score (nSPS) is 14.6. The summed E-state index contributed by atoms with van der Waals surface area (Å²) in [6.45, 7) is 2.36. The molecule has 1 N–H and O–H groups in total. The molecule has 0 unspecified atom stereocenters. The van der Waals surface area contributed by atoms with Gasteiger partial charge in [0.2, 0.25) is 0 Å². The van der Waals surface area contributed by atoms with Crippen molar-refractivity contribution in [2.24, 2.45) is 0 Å². The van der Waals surface area contributed by atoms with E-state index < -0.39 is 0 Å². The third-order valence-electron chi connectivity index (χ3n) is 5.52.